The molecular formula is C12H11N3O4. The summed E-state index contributed by atoms with van der Waals surface area (Å²) in [6.45, 7) is 0. The first-order valence-electron chi connectivity index (χ1n) is 5.69. The number of carbonyl (C=O) groups is 1. The second kappa shape index (κ2) is 4.57. The van der Waals surface area contributed by atoms with Crippen LogP contribution in [0.5, 0.6) is 0 Å². The van der Waals surface area contributed by atoms with Gasteiger partial charge < -0.3 is 10.4 Å². The SMILES string of the molecule is N#Cc1ccc(NC2(C(=O)O)CCC2)cc1[N+](=O)[O-]. The Balaban J connectivity index is 2.32. The van der Waals surface area contributed by atoms with Crippen molar-refractivity contribution in [3.05, 3.63) is 33.9 Å². The number of anilines is 1. The third-order valence-corrected chi connectivity index (χ3v) is 3.31. The van der Waals surface area contributed by atoms with E-state index in [1.54, 1.807) is 6.07 Å². The summed E-state index contributed by atoms with van der Waals surface area (Å²) in [7, 11) is 0. The molecular weight excluding hydrogens is 250 g/mol. The van der Waals surface area contributed by atoms with Gasteiger partial charge in [0.25, 0.3) is 5.69 Å². The van der Waals surface area contributed by atoms with E-state index in [2.05, 4.69) is 5.32 Å². The molecule has 1 aromatic rings. The van der Waals surface area contributed by atoms with Crippen LogP contribution in [0.4, 0.5) is 11.4 Å². The number of benzene rings is 1. The maximum atomic E-state index is 11.2. The van der Waals surface area contributed by atoms with Gasteiger partial charge in [-0.1, -0.05) is 0 Å². The molecule has 19 heavy (non-hydrogen) atoms. The number of hydrogen-bond acceptors (Lipinski definition) is 5. The lowest BCUT2D eigenvalue weighted by Crippen LogP contribution is -2.52. The van der Waals surface area contributed by atoms with E-state index in [0.717, 1.165) is 6.42 Å². The number of carboxylic acid groups (broad SMARTS) is 1. The summed E-state index contributed by atoms with van der Waals surface area (Å²) < 4.78 is 0. The first-order valence-corrected chi connectivity index (χ1v) is 5.69. The van der Waals surface area contributed by atoms with Crippen LogP contribution in [0, 0.1) is 21.4 Å². The van der Waals surface area contributed by atoms with Gasteiger partial charge in [0.15, 0.2) is 0 Å². The molecule has 0 heterocycles. The molecule has 0 bridgehead atoms. The van der Waals surface area contributed by atoms with Crippen molar-refractivity contribution in [3.8, 4) is 6.07 Å². The molecule has 7 heteroatoms. The van der Waals surface area contributed by atoms with Crippen molar-refractivity contribution in [3.63, 3.8) is 0 Å². The summed E-state index contributed by atoms with van der Waals surface area (Å²) >= 11 is 0. The van der Waals surface area contributed by atoms with Crippen molar-refractivity contribution in [1.29, 1.82) is 5.26 Å². The maximum absolute atomic E-state index is 11.2. The molecule has 1 aliphatic carbocycles. The molecule has 0 aromatic heterocycles. The Labute approximate surface area is 108 Å². The average Bonchev–Trinajstić information content (AvgIpc) is 2.33. The molecule has 1 fully saturated rings. The second-order valence-electron chi connectivity index (χ2n) is 4.47. The number of hydrogen-bond donors (Lipinski definition) is 2. The van der Waals surface area contributed by atoms with Gasteiger partial charge >= 0.3 is 5.97 Å². The molecule has 0 unspecified atom stereocenters. The van der Waals surface area contributed by atoms with Gasteiger partial charge in [-0.25, -0.2) is 4.79 Å². The Morgan fingerprint density at radius 1 is 1.53 bits per heavy atom. The summed E-state index contributed by atoms with van der Waals surface area (Å²) in [4.78, 5) is 21.4. The van der Waals surface area contributed by atoms with Crippen LogP contribution in [-0.4, -0.2) is 21.5 Å². The van der Waals surface area contributed by atoms with Gasteiger partial charge in [-0.3, -0.25) is 10.1 Å². The Morgan fingerprint density at radius 3 is 2.63 bits per heavy atom. The molecule has 2 N–H and O–H groups in total. The zero-order valence-corrected chi connectivity index (χ0v) is 9.92. The summed E-state index contributed by atoms with van der Waals surface area (Å²) in [5.74, 6) is -0.967. The number of nitro benzene ring substituents is 1. The molecule has 2 rings (SSSR count). The Morgan fingerprint density at radius 2 is 2.21 bits per heavy atom. The highest BCUT2D eigenvalue weighted by Crippen LogP contribution is 2.36. The number of nitro groups is 1. The van der Waals surface area contributed by atoms with Crippen LogP contribution in [0.3, 0.4) is 0 Å². The van der Waals surface area contributed by atoms with Crippen LogP contribution in [0.15, 0.2) is 18.2 Å². The summed E-state index contributed by atoms with van der Waals surface area (Å²) in [6.07, 6.45) is 1.77. The fourth-order valence-corrected chi connectivity index (χ4v) is 2.05. The molecule has 0 amide bonds. The highest BCUT2D eigenvalue weighted by molar-refractivity contribution is 5.84. The van der Waals surface area contributed by atoms with Gasteiger partial charge in [0.1, 0.15) is 17.2 Å². The third-order valence-electron chi connectivity index (χ3n) is 3.31. The predicted molar refractivity (Wildman–Crippen MR) is 65.7 cm³/mol. The number of carboxylic acids is 1. The van der Waals surface area contributed by atoms with Gasteiger partial charge in [-0.05, 0) is 31.4 Å². The van der Waals surface area contributed by atoms with E-state index in [0.29, 0.717) is 18.5 Å². The smallest absolute Gasteiger partial charge is 0.329 e. The lowest BCUT2D eigenvalue weighted by molar-refractivity contribution is -0.385. The van der Waals surface area contributed by atoms with Gasteiger partial charge in [-0.2, -0.15) is 5.26 Å². The fraction of sp³-hybridized carbons (Fsp3) is 0.333. The van der Waals surface area contributed by atoms with Crippen molar-refractivity contribution >= 4 is 17.3 Å². The Kier molecular flexibility index (Phi) is 3.09. The van der Waals surface area contributed by atoms with E-state index in [1.165, 1.54) is 18.2 Å². The van der Waals surface area contributed by atoms with Gasteiger partial charge in [0.05, 0.1) is 4.92 Å². The highest BCUT2D eigenvalue weighted by Gasteiger charge is 2.44. The fourth-order valence-electron chi connectivity index (χ4n) is 2.05. The maximum Gasteiger partial charge on any atom is 0.329 e. The van der Waals surface area contributed by atoms with Crippen LogP contribution >= 0.6 is 0 Å². The van der Waals surface area contributed by atoms with E-state index in [4.69, 9.17) is 5.26 Å². The van der Waals surface area contributed by atoms with Crippen LogP contribution in [-0.2, 0) is 4.79 Å². The van der Waals surface area contributed by atoms with Crippen molar-refractivity contribution in [1.82, 2.24) is 0 Å². The molecule has 0 atom stereocenters. The molecule has 7 nitrogen and oxygen atoms in total. The summed E-state index contributed by atoms with van der Waals surface area (Å²) in [5, 5.41) is 31.6. The minimum atomic E-state index is -1.04. The Hall–Kier alpha value is -2.62. The normalized spacial score (nSPS) is 15.9. The Bertz CT molecular complexity index is 587. The predicted octanol–water partition coefficient (Wildman–Crippen LogP) is 1.89. The molecule has 1 saturated carbocycles. The molecule has 1 aromatic carbocycles. The number of nitriles is 1. The first-order chi connectivity index (χ1) is 8.98. The van der Waals surface area contributed by atoms with Gasteiger partial charge in [0, 0.05) is 11.8 Å². The standard InChI is InChI=1S/C12H11N3O4/c13-7-8-2-3-9(6-10(8)15(18)19)14-12(11(16)17)4-1-5-12/h2-3,6,14H,1,4-5H2,(H,16,17). The quantitative estimate of drug-likeness (QED) is 0.631. The van der Waals surface area contributed by atoms with Gasteiger partial charge in [-0.15, -0.1) is 0 Å². The molecule has 0 spiro atoms. The lowest BCUT2D eigenvalue weighted by Gasteiger charge is -2.39. The van der Waals surface area contributed by atoms with Crippen LogP contribution in [0.1, 0.15) is 24.8 Å². The van der Waals surface area contributed by atoms with E-state index in [9.17, 15) is 20.0 Å². The minimum Gasteiger partial charge on any atom is -0.480 e. The van der Waals surface area contributed by atoms with Crippen LogP contribution < -0.4 is 5.32 Å². The topological polar surface area (TPSA) is 116 Å². The third kappa shape index (κ3) is 2.20. The molecule has 0 aliphatic heterocycles. The summed E-state index contributed by atoms with van der Waals surface area (Å²) in [6, 6.07) is 5.72. The van der Waals surface area contributed by atoms with E-state index < -0.39 is 16.4 Å². The van der Waals surface area contributed by atoms with Crippen LogP contribution in [0.25, 0.3) is 0 Å². The highest BCUT2D eigenvalue weighted by atomic mass is 16.6. The molecule has 98 valence electrons. The largest absolute Gasteiger partial charge is 0.480 e. The molecule has 0 saturated heterocycles. The monoisotopic (exact) mass is 261 g/mol. The van der Waals surface area contributed by atoms with E-state index in [1.807, 2.05) is 0 Å². The zero-order chi connectivity index (χ0) is 14.0. The zero-order valence-electron chi connectivity index (χ0n) is 9.92. The van der Waals surface area contributed by atoms with Crippen LogP contribution in [0.2, 0.25) is 0 Å². The van der Waals surface area contributed by atoms with Crippen molar-refractivity contribution in [2.45, 2.75) is 24.8 Å². The molecule has 1 aliphatic rings. The van der Waals surface area contributed by atoms with E-state index >= 15 is 0 Å². The average molecular weight is 261 g/mol. The van der Waals surface area contributed by atoms with Crippen molar-refractivity contribution < 1.29 is 14.8 Å². The number of rotatable bonds is 4. The number of nitrogens with zero attached hydrogens (tertiary/aromatic N) is 2. The lowest BCUT2D eigenvalue weighted by atomic mass is 9.76. The number of aliphatic carboxylic acids is 1. The van der Waals surface area contributed by atoms with Crippen molar-refractivity contribution in [2.75, 3.05) is 5.32 Å². The minimum absolute atomic E-state index is 0.0477. The first kappa shape index (κ1) is 12.8. The summed E-state index contributed by atoms with van der Waals surface area (Å²) in [5.41, 5.74) is -1.07. The van der Waals surface area contributed by atoms with Gasteiger partial charge in [0.2, 0.25) is 0 Å². The second-order valence-corrected chi connectivity index (χ2v) is 4.47. The number of nitrogens with one attached hydrogen (secondary N) is 1. The van der Waals surface area contributed by atoms with Crippen molar-refractivity contribution in [2.24, 2.45) is 0 Å². The molecule has 0 radical (unpaired) electrons. The van der Waals surface area contributed by atoms with E-state index in [-0.39, 0.29) is 11.3 Å².